The maximum Gasteiger partial charge on any atom is 2.00 e. The largest absolute Gasteiger partial charge is 2.00 e. The zero-order valence-electron chi connectivity index (χ0n) is 6.57. The summed E-state index contributed by atoms with van der Waals surface area (Å²) >= 11 is 0. The Bertz CT molecular complexity index is 153. The van der Waals surface area contributed by atoms with Gasteiger partial charge in [-0.1, -0.05) is 0 Å². The van der Waals surface area contributed by atoms with Crippen LogP contribution in [0.25, 0.3) is 0 Å². The molecule has 0 spiro atoms. The minimum atomic E-state index is -1.75. The van der Waals surface area contributed by atoms with Crippen molar-refractivity contribution in [2.24, 2.45) is 0 Å². The molecule has 69 valence electrons. The summed E-state index contributed by atoms with van der Waals surface area (Å²) in [6.07, 6.45) is 0.0833. The van der Waals surface area contributed by atoms with Gasteiger partial charge in [0.1, 0.15) is 11.6 Å². The Balaban J connectivity index is -0.000000142. The van der Waals surface area contributed by atoms with Gasteiger partial charge in [0, 0.05) is 0 Å². The van der Waals surface area contributed by atoms with Gasteiger partial charge in [-0.3, -0.25) is 9.59 Å². The van der Waals surface area contributed by atoms with E-state index >= 15 is 0 Å². The van der Waals surface area contributed by atoms with E-state index in [0.717, 1.165) is 0 Å². The zero-order valence-corrected chi connectivity index (χ0v) is 9.00. The van der Waals surface area contributed by atoms with Crippen molar-refractivity contribution < 1.29 is 64.1 Å². The van der Waals surface area contributed by atoms with Gasteiger partial charge in [-0.05, 0) is 13.8 Å². The molecule has 0 amide bonds. The summed E-state index contributed by atoms with van der Waals surface area (Å²) in [5.41, 5.74) is 0. The van der Waals surface area contributed by atoms with Crippen LogP contribution < -0.4 is 0 Å². The molecule has 0 aliphatic heterocycles. The third-order valence-electron chi connectivity index (χ3n) is 0.498. The number of hydrogen-bond acceptors (Lipinski definition) is 5. The van der Waals surface area contributed by atoms with Gasteiger partial charge < -0.3 is 15.3 Å². The van der Waals surface area contributed by atoms with E-state index < -0.39 is 5.09 Å². The van der Waals surface area contributed by atoms with E-state index in [1.54, 1.807) is 0 Å². The second-order valence-electron chi connectivity index (χ2n) is 1.80. The van der Waals surface area contributed by atoms with Crippen molar-refractivity contribution in [3.8, 4) is 0 Å². The topological polar surface area (TPSA) is 100 Å². The molecule has 0 bridgehead atoms. The van der Waals surface area contributed by atoms with E-state index in [0.29, 0.717) is 0 Å². The summed E-state index contributed by atoms with van der Waals surface area (Å²) in [4.78, 5) is 28.3. The molecular weight excluding hydrogens is 306 g/mol. The molecule has 0 N–H and O–H groups in total. The van der Waals surface area contributed by atoms with Crippen molar-refractivity contribution in [1.82, 2.24) is 0 Å². The smallest absolute Gasteiger partial charge is 0.356 e. The SMILES string of the molecule is CC(=O)CC(C)=O.O=[N+]([O-])[O-].[Eu+2]. The Labute approximate surface area is 110 Å². The molecule has 6 nitrogen and oxygen atoms in total. The third-order valence-corrected chi connectivity index (χ3v) is 0.498. The molecule has 0 fully saturated rings. The van der Waals surface area contributed by atoms with Crippen molar-refractivity contribution in [3.63, 3.8) is 0 Å². The Morgan fingerprint density at radius 2 is 1.33 bits per heavy atom. The molecule has 12 heavy (non-hydrogen) atoms. The van der Waals surface area contributed by atoms with Crippen molar-refractivity contribution in [1.29, 1.82) is 0 Å². The second-order valence-corrected chi connectivity index (χ2v) is 1.80. The summed E-state index contributed by atoms with van der Waals surface area (Å²) in [5, 5.41) is 14.8. The first-order valence-corrected chi connectivity index (χ1v) is 2.66. The van der Waals surface area contributed by atoms with Gasteiger partial charge >= 0.3 is 49.4 Å². The van der Waals surface area contributed by atoms with Crippen LogP contribution in [0.5, 0.6) is 0 Å². The first-order chi connectivity index (χ1) is 4.86. The van der Waals surface area contributed by atoms with Crippen molar-refractivity contribution in [2.75, 3.05) is 0 Å². The van der Waals surface area contributed by atoms with Gasteiger partial charge in [-0.15, -0.1) is 0 Å². The van der Waals surface area contributed by atoms with Crippen LogP contribution in [-0.4, -0.2) is 16.7 Å². The zero-order chi connectivity index (χ0) is 9.44. The van der Waals surface area contributed by atoms with Crippen LogP contribution in [0.1, 0.15) is 20.3 Å². The van der Waals surface area contributed by atoms with Crippen LogP contribution >= 0.6 is 0 Å². The van der Waals surface area contributed by atoms with E-state index in [2.05, 4.69) is 0 Å². The van der Waals surface area contributed by atoms with Crippen LogP contribution in [0.3, 0.4) is 0 Å². The Hall–Kier alpha value is 0.124. The normalized spacial score (nSPS) is 6.83. The van der Waals surface area contributed by atoms with E-state index in [4.69, 9.17) is 15.3 Å². The van der Waals surface area contributed by atoms with Gasteiger partial charge in [-0.25, -0.2) is 0 Å². The predicted octanol–water partition coefficient (Wildman–Crippen LogP) is 0.315. The standard InChI is InChI=1S/C5H8O2.Eu.NO3/c1-4(6)3-5(2)7;;2-1(3)4/h3H2,1-2H3;;/q;+2;-1. The number of ketones is 2. The molecule has 0 heterocycles. The summed E-state index contributed by atoms with van der Waals surface area (Å²) in [6, 6.07) is 0. The van der Waals surface area contributed by atoms with Crippen molar-refractivity contribution >= 4 is 11.6 Å². The van der Waals surface area contributed by atoms with Crippen LogP contribution in [0.4, 0.5) is 0 Å². The fourth-order valence-electron chi connectivity index (χ4n) is 0.351. The summed E-state index contributed by atoms with van der Waals surface area (Å²) < 4.78 is 0. The van der Waals surface area contributed by atoms with Crippen LogP contribution in [0, 0.1) is 64.7 Å². The van der Waals surface area contributed by atoms with Crippen molar-refractivity contribution in [2.45, 2.75) is 20.3 Å². The Morgan fingerprint density at radius 1 is 1.17 bits per heavy atom. The third kappa shape index (κ3) is 49.6. The molecule has 0 aliphatic carbocycles. The quantitative estimate of drug-likeness (QED) is 0.415. The predicted molar refractivity (Wildman–Crippen MR) is 36.3 cm³/mol. The van der Waals surface area contributed by atoms with Crippen LogP contribution in [0.2, 0.25) is 0 Å². The molecule has 0 atom stereocenters. The van der Waals surface area contributed by atoms with Gasteiger partial charge in [0.2, 0.25) is 0 Å². The Kier molecular flexibility index (Phi) is 16.7. The maximum absolute atomic E-state index is 10.0. The molecule has 0 aliphatic rings. The number of carbonyl (C=O) groups excluding carboxylic acids is 2. The van der Waals surface area contributed by atoms with Crippen molar-refractivity contribution in [3.05, 3.63) is 15.3 Å². The summed E-state index contributed by atoms with van der Waals surface area (Å²) in [5.74, 6) is -0.125. The molecular formula is C5H8EuNO5+. The van der Waals surface area contributed by atoms with E-state index in [1.807, 2.05) is 0 Å². The molecule has 0 saturated heterocycles. The average molecular weight is 314 g/mol. The van der Waals surface area contributed by atoms with E-state index in [1.165, 1.54) is 13.8 Å². The van der Waals surface area contributed by atoms with E-state index in [9.17, 15) is 9.59 Å². The molecule has 0 aromatic heterocycles. The second kappa shape index (κ2) is 11.1. The molecule has 0 aromatic rings. The van der Waals surface area contributed by atoms with Gasteiger partial charge in [0.15, 0.2) is 0 Å². The van der Waals surface area contributed by atoms with E-state index in [-0.39, 0.29) is 67.4 Å². The minimum Gasteiger partial charge on any atom is -0.356 e. The van der Waals surface area contributed by atoms with Crippen LogP contribution in [-0.2, 0) is 9.59 Å². The number of carbonyl (C=O) groups is 2. The number of rotatable bonds is 2. The molecule has 7 heteroatoms. The molecule has 1 radical (unpaired) electrons. The van der Waals surface area contributed by atoms with Gasteiger partial charge in [0.25, 0.3) is 0 Å². The first-order valence-electron chi connectivity index (χ1n) is 2.66. The fourth-order valence-corrected chi connectivity index (χ4v) is 0.351. The molecule has 0 saturated carbocycles. The van der Waals surface area contributed by atoms with Crippen LogP contribution in [0.15, 0.2) is 0 Å². The maximum atomic E-state index is 10.0. The molecule has 0 aromatic carbocycles. The summed E-state index contributed by atoms with van der Waals surface area (Å²) in [6.45, 7) is 2.81. The summed E-state index contributed by atoms with van der Waals surface area (Å²) in [7, 11) is 0. The number of nitrogens with zero attached hydrogens (tertiary/aromatic N) is 1. The number of hydrogen-bond donors (Lipinski definition) is 0. The molecule has 0 rings (SSSR count). The fraction of sp³-hybridized carbons (Fsp3) is 0.600. The average Bonchev–Trinajstić information content (AvgIpc) is 1.56. The number of Topliss-reactive ketones (excluding diaryl/α,β-unsaturated/α-hetero) is 2. The van der Waals surface area contributed by atoms with Gasteiger partial charge in [0.05, 0.1) is 11.5 Å². The monoisotopic (exact) mass is 315 g/mol. The molecule has 0 unspecified atom stereocenters. The Morgan fingerprint density at radius 3 is 1.33 bits per heavy atom. The van der Waals surface area contributed by atoms with Gasteiger partial charge in [-0.2, -0.15) is 0 Å². The first kappa shape index (κ1) is 18.0. The minimum absolute atomic E-state index is 0.